The molecule has 1 aliphatic heterocycles. The van der Waals surface area contributed by atoms with Crippen LogP contribution >= 0.6 is 22.6 Å². The van der Waals surface area contributed by atoms with Crippen LogP contribution in [0.25, 0.3) is 0 Å². The number of methoxy groups -OCH3 is 1. The highest BCUT2D eigenvalue weighted by Crippen LogP contribution is 2.37. The average molecular weight is 463 g/mol. The molecule has 0 amide bonds. The summed E-state index contributed by atoms with van der Waals surface area (Å²) < 4.78 is 5.30. The zero-order valence-electron chi connectivity index (χ0n) is 14.9. The third-order valence-electron chi connectivity index (χ3n) is 4.98. The number of benzene rings is 2. The van der Waals surface area contributed by atoms with Gasteiger partial charge in [0.1, 0.15) is 11.5 Å². The Balaban J connectivity index is 1.81. The Kier molecular flexibility index (Phi) is 6.09. The highest BCUT2D eigenvalue weighted by atomic mass is 127. The SMILES string of the molecule is COc1ccc(C(=O)C2CN(C(I)c3ccccc3)CC2C(C)=O)cc1. The van der Waals surface area contributed by atoms with Gasteiger partial charge in [-0.25, -0.2) is 0 Å². The molecule has 1 heterocycles. The molecular weight excluding hydrogens is 441 g/mol. The summed E-state index contributed by atoms with van der Waals surface area (Å²) in [4.78, 5) is 27.5. The van der Waals surface area contributed by atoms with E-state index in [9.17, 15) is 9.59 Å². The number of likely N-dealkylation sites (tertiary alicyclic amines) is 1. The third-order valence-corrected chi connectivity index (χ3v) is 6.48. The minimum absolute atomic E-state index is 0.0343. The Bertz CT molecular complexity index is 776. The number of hydrogen-bond acceptors (Lipinski definition) is 4. The van der Waals surface area contributed by atoms with Gasteiger partial charge in [-0.15, -0.1) is 0 Å². The van der Waals surface area contributed by atoms with E-state index in [0.717, 1.165) is 0 Å². The van der Waals surface area contributed by atoms with Crippen molar-refractivity contribution in [3.05, 3.63) is 65.7 Å². The molecule has 3 atom stereocenters. The van der Waals surface area contributed by atoms with Crippen molar-refractivity contribution in [2.75, 3.05) is 20.2 Å². The maximum Gasteiger partial charge on any atom is 0.168 e. The molecule has 5 heteroatoms. The fraction of sp³-hybridized carbons (Fsp3) is 0.333. The van der Waals surface area contributed by atoms with Crippen LogP contribution in [0.15, 0.2) is 54.6 Å². The molecule has 4 nitrogen and oxygen atoms in total. The van der Waals surface area contributed by atoms with E-state index in [-0.39, 0.29) is 27.5 Å². The summed E-state index contributed by atoms with van der Waals surface area (Å²) in [6, 6.07) is 17.3. The van der Waals surface area contributed by atoms with E-state index in [1.165, 1.54) is 5.56 Å². The predicted molar refractivity (Wildman–Crippen MR) is 110 cm³/mol. The Labute approximate surface area is 167 Å². The first-order chi connectivity index (χ1) is 12.5. The number of Topliss-reactive ketones (excluding diaryl/α,β-unsaturated/α-hetero) is 2. The van der Waals surface area contributed by atoms with E-state index in [1.54, 1.807) is 38.3 Å². The molecule has 0 spiro atoms. The van der Waals surface area contributed by atoms with Crippen molar-refractivity contribution in [3.63, 3.8) is 0 Å². The first-order valence-corrected chi connectivity index (χ1v) is 9.87. The minimum atomic E-state index is -0.304. The summed E-state index contributed by atoms with van der Waals surface area (Å²) in [5, 5.41) is 0. The molecule has 0 aromatic heterocycles. The average Bonchev–Trinajstić information content (AvgIpc) is 3.13. The molecule has 1 aliphatic rings. The van der Waals surface area contributed by atoms with Gasteiger partial charge in [-0.2, -0.15) is 0 Å². The topological polar surface area (TPSA) is 46.6 Å². The quantitative estimate of drug-likeness (QED) is 0.280. The van der Waals surface area contributed by atoms with Gasteiger partial charge < -0.3 is 4.74 Å². The van der Waals surface area contributed by atoms with E-state index in [1.807, 2.05) is 18.2 Å². The second-order valence-corrected chi connectivity index (χ2v) is 7.80. The van der Waals surface area contributed by atoms with Crippen molar-refractivity contribution in [2.24, 2.45) is 11.8 Å². The molecule has 0 saturated carbocycles. The Hall–Kier alpha value is -1.73. The monoisotopic (exact) mass is 463 g/mol. The van der Waals surface area contributed by atoms with Crippen LogP contribution in [0.3, 0.4) is 0 Å². The summed E-state index contributed by atoms with van der Waals surface area (Å²) in [7, 11) is 1.60. The summed E-state index contributed by atoms with van der Waals surface area (Å²) in [5.41, 5.74) is 1.82. The lowest BCUT2D eigenvalue weighted by atomic mass is 9.86. The molecule has 136 valence electrons. The molecule has 0 aliphatic carbocycles. The number of carbonyl (C=O) groups is 2. The van der Waals surface area contributed by atoms with E-state index >= 15 is 0 Å². The lowest BCUT2D eigenvalue weighted by Gasteiger charge is -2.23. The van der Waals surface area contributed by atoms with Gasteiger partial charge in [-0.05, 0) is 36.8 Å². The molecule has 3 rings (SSSR count). The Morgan fingerprint density at radius 2 is 1.65 bits per heavy atom. The van der Waals surface area contributed by atoms with Crippen molar-refractivity contribution in [2.45, 2.75) is 11.0 Å². The normalized spacial score (nSPS) is 21.3. The smallest absolute Gasteiger partial charge is 0.168 e. The fourth-order valence-corrected chi connectivity index (χ4v) is 4.36. The third kappa shape index (κ3) is 3.99. The van der Waals surface area contributed by atoms with E-state index < -0.39 is 0 Å². The molecule has 2 aromatic rings. The van der Waals surface area contributed by atoms with Gasteiger partial charge in [0, 0.05) is 30.5 Å². The number of carbonyl (C=O) groups excluding carboxylic acids is 2. The number of hydrogen-bond donors (Lipinski definition) is 0. The molecular formula is C21H22INO3. The summed E-state index contributed by atoms with van der Waals surface area (Å²) in [6.45, 7) is 2.80. The molecule has 1 saturated heterocycles. The summed E-state index contributed by atoms with van der Waals surface area (Å²) in [6.07, 6.45) is 0. The van der Waals surface area contributed by atoms with Crippen LogP contribution in [0.4, 0.5) is 0 Å². The lowest BCUT2D eigenvalue weighted by molar-refractivity contribution is -0.121. The molecule has 0 radical (unpaired) electrons. The van der Waals surface area contributed by atoms with Crippen molar-refractivity contribution in [3.8, 4) is 5.75 Å². The molecule has 0 N–H and O–H groups in total. The Morgan fingerprint density at radius 3 is 2.23 bits per heavy atom. The predicted octanol–water partition coefficient (Wildman–Crippen LogP) is 4.15. The number of rotatable bonds is 6. The number of halogens is 1. The van der Waals surface area contributed by atoms with E-state index in [2.05, 4.69) is 39.6 Å². The Morgan fingerprint density at radius 1 is 1.04 bits per heavy atom. The number of nitrogens with zero attached hydrogens (tertiary/aromatic N) is 1. The van der Waals surface area contributed by atoms with Crippen LogP contribution in [0, 0.1) is 11.8 Å². The van der Waals surface area contributed by atoms with Gasteiger partial charge >= 0.3 is 0 Å². The molecule has 2 aromatic carbocycles. The van der Waals surface area contributed by atoms with Gasteiger partial charge in [0.25, 0.3) is 0 Å². The van der Waals surface area contributed by atoms with Gasteiger partial charge in [0.15, 0.2) is 5.78 Å². The van der Waals surface area contributed by atoms with Gasteiger partial charge in [0.2, 0.25) is 0 Å². The van der Waals surface area contributed by atoms with Crippen LogP contribution in [0.5, 0.6) is 5.75 Å². The van der Waals surface area contributed by atoms with Gasteiger partial charge in [-0.3, -0.25) is 14.5 Å². The molecule has 0 bridgehead atoms. The van der Waals surface area contributed by atoms with Crippen molar-refractivity contribution in [1.29, 1.82) is 0 Å². The van der Waals surface area contributed by atoms with E-state index in [4.69, 9.17) is 4.74 Å². The van der Waals surface area contributed by atoms with Crippen LogP contribution in [0.2, 0.25) is 0 Å². The number of ether oxygens (including phenoxy) is 1. The molecule has 3 unspecified atom stereocenters. The number of ketones is 2. The van der Waals surface area contributed by atoms with Crippen LogP contribution in [-0.2, 0) is 4.79 Å². The zero-order valence-corrected chi connectivity index (χ0v) is 17.0. The van der Waals surface area contributed by atoms with Crippen molar-refractivity contribution < 1.29 is 14.3 Å². The highest BCUT2D eigenvalue weighted by Gasteiger charge is 2.42. The van der Waals surface area contributed by atoms with E-state index in [0.29, 0.717) is 24.4 Å². The highest BCUT2D eigenvalue weighted by molar-refractivity contribution is 14.1. The maximum absolute atomic E-state index is 13.0. The van der Waals surface area contributed by atoms with Crippen LogP contribution in [0.1, 0.15) is 26.9 Å². The van der Waals surface area contributed by atoms with Crippen LogP contribution < -0.4 is 4.74 Å². The first kappa shape index (κ1) is 19.0. The molecule has 1 fully saturated rings. The fourth-order valence-electron chi connectivity index (χ4n) is 3.49. The largest absolute Gasteiger partial charge is 0.497 e. The van der Waals surface area contributed by atoms with Gasteiger partial charge in [0.05, 0.1) is 11.2 Å². The van der Waals surface area contributed by atoms with Crippen molar-refractivity contribution in [1.82, 2.24) is 4.90 Å². The maximum atomic E-state index is 13.0. The summed E-state index contributed by atoms with van der Waals surface area (Å²) >= 11 is 2.39. The number of alkyl halides is 1. The minimum Gasteiger partial charge on any atom is -0.497 e. The molecule has 26 heavy (non-hydrogen) atoms. The summed E-state index contributed by atoms with van der Waals surface area (Å²) in [5.74, 6) is 0.268. The van der Waals surface area contributed by atoms with Crippen LogP contribution in [-0.4, -0.2) is 36.7 Å². The zero-order chi connectivity index (χ0) is 18.7. The second kappa shape index (κ2) is 8.31. The second-order valence-electron chi connectivity index (χ2n) is 6.62. The van der Waals surface area contributed by atoms with Crippen molar-refractivity contribution >= 4 is 34.2 Å². The lowest BCUT2D eigenvalue weighted by Crippen LogP contribution is -2.27. The van der Waals surface area contributed by atoms with Gasteiger partial charge in [-0.1, -0.05) is 52.9 Å². The standard InChI is InChI=1S/C21H22INO3/c1-14(24)18-12-23(21(22)16-6-4-3-5-7-16)13-19(18)20(25)15-8-10-17(26-2)11-9-15/h3-11,18-19,21H,12-13H2,1-2H3. The first-order valence-electron chi connectivity index (χ1n) is 8.63.